The van der Waals surface area contributed by atoms with Crippen molar-refractivity contribution in [3.63, 3.8) is 0 Å². The van der Waals surface area contributed by atoms with Crippen LogP contribution in [0.15, 0.2) is 18.2 Å². The Morgan fingerprint density at radius 1 is 1.22 bits per heavy atom. The molecule has 1 aliphatic rings. The number of nitrogens with zero attached hydrogens (tertiary/aromatic N) is 1. The van der Waals surface area contributed by atoms with Crippen LogP contribution in [0.25, 0.3) is 0 Å². The second-order valence-electron chi connectivity index (χ2n) is 5.70. The van der Waals surface area contributed by atoms with Crippen molar-refractivity contribution in [3.8, 4) is 11.5 Å². The largest absolute Gasteiger partial charge is 0.497 e. The molecule has 126 valence electrons. The zero-order chi connectivity index (χ0) is 16.8. The van der Waals surface area contributed by atoms with Crippen LogP contribution in [0.1, 0.15) is 31.2 Å². The van der Waals surface area contributed by atoms with Gasteiger partial charge in [0.15, 0.2) is 0 Å². The first kappa shape index (κ1) is 17.1. The highest BCUT2D eigenvalue weighted by Crippen LogP contribution is 2.25. The molecule has 0 spiro atoms. The van der Waals surface area contributed by atoms with E-state index in [4.69, 9.17) is 14.6 Å². The number of rotatable bonds is 7. The molecule has 0 saturated carbocycles. The van der Waals surface area contributed by atoms with Crippen molar-refractivity contribution in [1.29, 1.82) is 0 Å². The summed E-state index contributed by atoms with van der Waals surface area (Å²) in [6.07, 6.45) is 2.59. The number of ether oxygens (including phenoxy) is 2. The van der Waals surface area contributed by atoms with E-state index in [9.17, 15) is 9.59 Å². The van der Waals surface area contributed by atoms with Gasteiger partial charge in [0.05, 0.1) is 20.6 Å². The summed E-state index contributed by atoms with van der Waals surface area (Å²) in [6.45, 7) is 0.651. The lowest BCUT2D eigenvalue weighted by molar-refractivity contribution is -0.139. The van der Waals surface area contributed by atoms with Gasteiger partial charge >= 0.3 is 5.97 Å². The van der Waals surface area contributed by atoms with Gasteiger partial charge in [-0.3, -0.25) is 9.59 Å². The number of benzene rings is 1. The maximum Gasteiger partial charge on any atom is 0.305 e. The number of aliphatic carboxylic acids is 1. The molecule has 0 aromatic heterocycles. The van der Waals surface area contributed by atoms with Crippen LogP contribution in [-0.4, -0.2) is 48.7 Å². The SMILES string of the molecule is COc1cc(CCC(=O)N2CCCC2CC(=O)O)cc(OC)c1. The summed E-state index contributed by atoms with van der Waals surface area (Å²) in [4.78, 5) is 25.0. The van der Waals surface area contributed by atoms with Gasteiger partial charge in [0, 0.05) is 25.1 Å². The number of hydrogen-bond acceptors (Lipinski definition) is 4. The first-order valence-corrected chi connectivity index (χ1v) is 7.76. The second kappa shape index (κ2) is 7.85. The quantitative estimate of drug-likeness (QED) is 0.832. The third-order valence-corrected chi connectivity index (χ3v) is 4.15. The standard InChI is InChI=1S/C17H23NO5/c1-22-14-8-12(9-15(11-14)23-2)5-6-16(19)18-7-3-4-13(18)10-17(20)21/h8-9,11,13H,3-7,10H2,1-2H3,(H,20,21). The Morgan fingerprint density at radius 3 is 2.43 bits per heavy atom. The lowest BCUT2D eigenvalue weighted by Crippen LogP contribution is -2.36. The van der Waals surface area contributed by atoms with Gasteiger partial charge in [-0.15, -0.1) is 0 Å². The van der Waals surface area contributed by atoms with Gasteiger partial charge in [0.1, 0.15) is 11.5 Å². The van der Waals surface area contributed by atoms with Crippen molar-refractivity contribution >= 4 is 11.9 Å². The fraction of sp³-hybridized carbons (Fsp3) is 0.529. The first-order valence-electron chi connectivity index (χ1n) is 7.76. The highest BCUT2D eigenvalue weighted by molar-refractivity contribution is 5.78. The van der Waals surface area contributed by atoms with Crippen molar-refractivity contribution in [2.45, 2.75) is 38.1 Å². The van der Waals surface area contributed by atoms with Gasteiger partial charge < -0.3 is 19.5 Å². The molecule has 1 aromatic carbocycles. The molecule has 0 radical (unpaired) electrons. The van der Waals surface area contributed by atoms with E-state index in [0.29, 0.717) is 30.9 Å². The average molecular weight is 321 g/mol. The summed E-state index contributed by atoms with van der Waals surface area (Å²) >= 11 is 0. The normalized spacial score (nSPS) is 17.1. The van der Waals surface area contributed by atoms with E-state index in [1.807, 2.05) is 12.1 Å². The van der Waals surface area contributed by atoms with Gasteiger partial charge in [-0.05, 0) is 37.0 Å². The molecule has 1 atom stereocenters. The van der Waals surface area contributed by atoms with Gasteiger partial charge in [-0.1, -0.05) is 0 Å². The minimum absolute atomic E-state index is 0.00976. The van der Waals surface area contributed by atoms with E-state index in [1.54, 1.807) is 25.2 Å². The van der Waals surface area contributed by atoms with Crippen LogP contribution in [-0.2, 0) is 16.0 Å². The van der Waals surface area contributed by atoms with Crippen molar-refractivity contribution in [2.75, 3.05) is 20.8 Å². The molecule has 1 fully saturated rings. The molecule has 1 unspecified atom stereocenters. The van der Waals surface area contributed by atoms with E-state index >= 15 is 0 Å². The number of carbonyl (C=O) groups excluding carboxylic acids is 1. The van der Waals surface area contributed by atoms with Crippen LogP contribution < -0.4 is 9.47 Å². The Morgan fingerprint density at radius 2 is 1.87 bits per heavy atom. The lowest BCUT2D eigenvalue weighted by Gasteiger charge is -2.23. The lowest BCUT2D eigenvalue weighted by atomic mass is 10.1. The van der Waals surface area contributed by atoms with Crippen LogP contribution >= 0.6 is 0 Å². The van der Waals surface area contributed by atoms with Crippen molar-refractivity contribution < 1.29 is 24.2 Å². The number of likely N-dealkylation sites (tertiary alicyclic amines) is 1. The van der Waals surface area contributed by atoms with Crippen LogP contribution in [0.3, 0.4) is 0 Å². The van der Waals surface area contributed by atoms with Gasteiger partial charge in [0.2, 0.25) is 5.91 Å². The number of amides is 1. The average Bonchev–Trinajstić information content (AvgIpc) is 2.99. The molecule has 1 heterocycles. The molecule has 1 aliphatic heterocycles. The number of carboxylic acids is 1. The van der Waals surface area contributed by atoms with E-state index in [2.05, 4.69) is 0 Å². The fourth-order valence-corrected chi connectivity index (χ4v) is 2.98. The third kappa shape index (κ3) is 4.61. The zero-order valence-corrected chi connectivity index (χ0v) is 13.6. The maximum absolute atomic E-state index is 12.4. The molecule has 23 heavy (non-hydrogen) atoms. The Kier molecular flexibility index (Phi) is 5.84. The molecule has 1 amide bonds. The van der Waals surface area contributed by atoms with E-state index in [0.717, 1.165) is 18.4 Å². The predicted molar refractivity (Wildman–Crippen MR) is 84.9 cm³/mol. The first-order chi connectivity index (χ1) is 11.0. The van der Waals surface area contributed by atoms with Gasteiger partial charge in [-0.25, -0.2) is 0 Å². The maximum atomic E-state index is 12.4. The third-order valence-electron chi connectivity index (χ3n) is 4.15. The van der Waals surface area contributed by atoms with Gasteiger partial charge in [0.25, 0.3) is 0 Å². The van der Waals surface area contributed by atoms with Crippen LogP contribution in [0.2, 0.25) is 0 Å². The second-order valence-corrected chi connectivity index (χ2v) is 5.70. The van der Waals surface area contributed by atoms with Crippen molar-refractivity contribution in [3.05, 3.63) is 23.8 Å². The molecule has 2 rings (SSSR count). The van der Waals surface area contributed by atoms with Crippen LogP contribution in [0.4, 0.5) is 0 Å². The number of hydrogen-bond donors (Lipinski definition) is 1. The Hall–Kier alpha value is -2.24. The summed E-state index contributed by atoms with van der Waals surface area (Å²) in [6, 6.07) is 5.39. The Balaban J connectivity index is 1.97. The summed E-state index contributed by atoms with van der Waals surface area (Å²) in [5.74, 6) is 0.538. The van der Waals surface area contributed by atoms with E-state index < -0.39 is 5.97 Å². The van der Waals surface area contributed by atoms with Crippen molar-refractivity contribution in [1.82, 2.24) is 4.90 Å². The summed E-state index contributed by atoms with van der Waals surface area (Å²) in [5, 5.41) is 8.93. The molecule has 1 aromatic rings. The number of aryl methyl sites for hydroxylation is 1. The summed E-state index contributed by atoms with van der Waals surface area (Å²) in [5.41, 5.74) is 0.962. The molecule has 6 nitrogen and oxygen atoms in total. The van der Waals surface area contributed by atoms with Gasteiger partial charge in [-0.2, -0.15) is 0 Å². The molecular weight excluding hydrogens is 298 g/mol. The predicted octanol–water partition coefficient (Wildman–Crippen LogP) is 2.10. The highest BCUT2D eigenvalue weighted by atomic mass is 16.5. The van der Waals surface area contributed by atoms with Crippen molar-refractivity contribution in [2.24, 2.45) is 0 Å². The monoisotopic (exact) mass is 321 g/mol. The topological polar surface area (TPSA) is 76.1 Å². The Bertz CT molecular complexity index is 550. The number of carboxylic acid groups (broad SMARTS) is 1. The summed E-state index contributed by atoms with van der Waals surface area (Å²) < 4.78 is 10.4. The van der Waals surface area contributed by atoms with E-state index in [1.165, 1.54) is 0 Å². The Labute approximate surface area is 136 Å². The number of carbonyl (C=O) groups is 2. The molecule has 0 aliphatic carbocycles. The molecule has 6 heteroatoms. The smallest absolute Gasteiger partial charge is 0.305 e. The summed E-state index contributed by atoms with van der Waals surface area (Å²) in [7, 11) is 3.18. The molecular formula is C17H23NO5. The molecule has 1 N–H and O–H groups in total. The molecule has 0 bridgehead atoms. The fourth-order valence-electron chi connectivity index (χ4n) is 2.98. The van der Waals surface area contributed by atoms with Crippen LogP contribution in [0, 0.1) is 0 Å². The van der Waals surface area contributed by atoms with Crippen LogP contribution in [0.5, 0.6) is 11.5 Å². The minimum atomic E-state index is -0.854. The highest BCUT2D eigenvalue weighted by Gasteiger charge is 2.29. The number of methoxy groups -OCH3 is 2. The zero-order valence-electron chi connectivity index (χ0n) is 13.6. The molecule has 1 saturated heterocycles. The van der Waals surface area contributed by atoms with E-state index in [-0.39, 0.29) is 18.4 Å². The minimum Gasteiger partial charge on any atom is -0.497 e.